The van der Waals surface area contributed by atoms with Crippen LogP contribution in [0.15, 0.2) is 18.2 Å². The largest absolute Gasteiger partial charge is 0.508 e. The van der Waals surface area contributed by atoms with Crippen LogP contribution < -0.4 is 5.90 Å². The first-order valence-electron chi connectivity index (χ1n) is 4.35. The second-order valence-electron chi connectivity index (χ2n) is 3.23. The molecule has 6 heteroatoms. The Bertz CT molecular complexity index is 367. The van der Waals surface area contributed by atoms with Crippen molar-refractivity contribution in [3.8, 4) is 5.75 Å². The van der Waals surface area contributed by atoms with Crippen LogP contribution >= 0.6 is 0 Å². The van der Waals surface area contributed by atoms with E-state index >= 15 is 0 Å². The highest BCUT2D eigenvalue weighted by Crippen LogP contribution is 2.29. The summed E-state index contributed by atoms with van der Waals surface area (Å²) in [5.41, 5.74) is 0.390. The first kappa shape index (κ1) is 11.4. The van der Waals surface area contributed by atoms with Crippen LogP contribution in [0.25, 0.3) is 0 Å². The summed E-state index contributed by atoms with van der Waals surface area (Å²) in [4.78, 5) is 14.4. The standard InChI is InChI=1S/C9H12N2O4/c1-6(5-15-10)8-4-7(11(13)14)2-3-9(8)12/h2-4,6,12H,5,10H2,1H3. The van der Waals surface area contributed by atoms with Gasteiger partial charge in [0.15, 0.2) is 0 Å². The first-order valence-corrected chi connectivity index (χ1v) is 4.35. The number of aromatic hydroxyl groups is 1. The Hall–Kier alpha value is -1.66. The van der Waals surface area contributed by atoms with Gasteiger partial charge in [0, 0.05) is 23.6 Å². The molecule has 0 aromatic heterocycles. The minimum Gasteiger partial charge on any atom is -0.508 e. The molecule has 0 heterocycles. The molecular weight excluding hydrogens is 200 g/mol. The molecule has 0 saturated heterocycles. The summed E-state index contributed by atoms with van der Waals surface area (Å²) in [6.07, 6.45) is 0. The maximum atomic E-state index is 10.5. The minimum absolute atomic E-state index is 0.00477. The first-order chi connectivity index (χ1) is 7.06. The van der Waals surface area contributed by atoms with E-state index in [0.717, 1.165) is 0 Å². The van der Waals surface area contributed by atoms with Crippen LogP contribution in [0.5, 0.6) is 5.75 Å². The number of phenols is 1. The van der Waals surface area contributed by atoms with E-state index in [1.165, 1.54) is 18.2 Å². The van der Waals surface area contributed by atoms with E-state index in [1.54, 1.807) is 6.92 Å². The Morgan fingerprint density at radius 1 is 1.67 bits per heavy atom. The van der Waals surface area contributed by atoms with Crippen molar-refractivity contribution >= 4 is 5.69 Å². The van der Waals surface area contributed by atoms with Gasteiger partial charge in [-0.25, -0.2) is 5.90 Å². The molecule has 3 N–H and O–H groups in total. The molecule has 0 aliphatic rings. The molecule has 1 aromatic carbocycles. The zero-order valence-electron chi connectivity index (χ0n) is 8.21. The number of hydrogen-bond acceptors (Lipinski definition) is 5. The lowest BCUT2D eigenvalue weighted by atomic mass is 10.0. The molecule has 0 bridgehead atoms. The molecule has 15 heavy (non-hydrogen) atoms. The maximum Gasteiger partial charge on any atom is 0.269 e. The number of nitro benzene ring substituents is 1. The number of benzene rings is 1. The Morgan fingerprint density at radius 3 is 2.87 bits per heavy atom. The molecule has 0 saturated carbocycles. The monoisotopic (exact) mass is 212 g/mol. The number of non-ortho nitro benzene ring substituents is 1. The Balaban J connectivity index is 3.04. The number of nitrogens with zero attached hydrogens (tertiary/aromatic N) is 1. The van der Waals surface area contributed by atoms with Crippen molar-refractivity contribution in [3.63, 3.8) is 0 Å². The molecule has 0 aliphatic heterocycles. The maximum absolute atomic E-state index is 10.5. The molecule has 0 amide bonds. The summed E-state index contributed by atoms with van der Waals surface area (Å²) in [6, 6.07) is 3.86. The molecule has 1 atom stereocenters. The van der Waals surface area contributed by atoms with Crippen LogP contribution in [0.1, 0.15) is 18.4 Å². The molecule has 1 unspecified atom stereocenters. The SMILES string of the molecule is CC(CON)c1cc([N+](=O)[O-])ccc1O. The van der Waals surface area contributed by atoms with E-state index < -0.39 is 4.92 Å². The van der Waals surface area contributed by atoms with Gasteiger partial charge in [-0.15, -0.1) is 0 Å². The van der Waals surface area contributed by atoms with Crippen molar-refractivity contribution in [3.05, 3.63) is 33.9 Å². The lowest BCUT2D eigenvalue weighted by molar-refractivity contribution is -0.385. The van der Waals surface area contributed by atoms with Gasteiger partial charge in [0.1, 0.15) is 5.75 Å². The van der Waals surface area contributed by atoms with E-state index in [0.29, 0.717) is 5.56 Å². The van der Waals surface area contributed by atoms with E-state index in [1.807, 2.05) is 0 Å². The number of nitro groups is 1. The molecular formula is C9H12N2O4. The normalized spacial score (nSPS) is 12.4. The van der Waals surface area contributed by atoms with Crippen LogP contribution in [-0.4, -0.2) is 16.6 Å². The summed E-state index contributed by atoms with van der Waals surface area (Å²) < 4.78 is 0. The van der Waals surface area contributed by atoms with Gasteiger partial charge in [-0.1, -0.05) is 6.92 Å². The lowest BCUT2D eigenvalue weighted by Gasteiger charge is -2.11. The fourth-order valence-corrected chi connectivity index (χ4v) is 1.28. The van der Waals surface area contributed by atoms with Gasteiger partial charge in [-0.3, -0.25) is 10.1 Å². The van der Waals surface area contributed by atoms with Crippen molar-refractivity contribution < 1.29 is 14.9 Å². The van der Waals surface area contributed by atoms with Crippen molar-refractivity contribution in [2.45, 2.75) is 12.8 Å². The molecule has 82 valence electrons. The van der Waals surface area contributed by atoms with Crippen LogP contribution in [0.2, 0.25) is 0 Å². The van der Waals surface area contributed by atoms with Gasteiger partial charge >= 0.3 is 0 Å². The quantitative estimate of drug-likeness (QED) is 0.578. The van der Waals surface area contributed by atoms with Gasteiger partial charge in [0.2, 0.25) is 0 Å². The van der Waals surface area contributed by atoms with Crippen molar-refractivity contribution in [2.24, 2.45) is 5.90 Å². The average Bonchev–Trinajstić information content (AvgIpc) is 2.18. The zero-order valence-corrected chi connectivity index (χ0v) is 8.21. The second-order valence-corrected chi connectivity index (χ2v) is 3.23. The minimum atomic E-state index is -0.515. The molecule has 0 radical (unpaired) electrons. The summed E-state index contributed by atoms with van der Waals surface area (Å²) in [5.74, 6) is 4.70. The number of nitrogens with two attached hydrogens (primary N) is 1. The van der Waals surface area contributed by atoms with Crippen LogP contribution in [-0.2, 0) is 4.84 Å². The summed E-state index contributed by atoms with van der Waals surface area (Å²) in [7, 11) is 0. The van der Waals surface area contributed by atoms with Gasteiger partial charge in [0.25, 0.3) is 5.69 Å². The topological polar surface area (TPSA) is 98.6 Å². The highest BCUT2D eigenvalue weighted by Gasteiger charge is 2.15. The molecule has 1 rings (SSSR count). The molecule has 6 nitrogen and oxygen atoms in total. The van der Waals surface area contributed by atoms with Crippen LogP contribution in [0.3, 0.4) is 0 Å². The van der Waals surface area contributed by atoms with Crippen LogP contribution in [0, 0.1) is 10.1 Å². The van der Waals surface area contributed by atoms with Gasteiger partial charge in [0.05, 0.1) is 11.5 Å². The van der Waals surface area contributed by atoms with Gasteiger partial charge in [-0.2, -0.15) is 0 Å². The second kappa shape index (κ2) is 4.72. The smallest absolute Gasteiger partial charge is 0.269 e. The van der Waals surface area contributed by atoms with Gasteiger partial charge in [-0.05, 0) is 6.07 Å². The highest BCUT2D eigenvalue weighted by molar-refractivity contribution is 5.44. The van der Waals surface area contributed by atoms with E-state index in [2.05, 4.69) is 4.84 Å². The molecule has 0 fully saturated rings. The van der Waals surface area contributed by atoms with E-state index in [4.69, 9.17) is 5.90 Å². The highest BCUT2D eigenvalue weighted by atomic mass is 16.6. The number of rotatable bonds is 4. The fourth-order valence-electron chi connectivity index (χ4n) is 1.28. The lowest BCUT2D eigenvalue weighted by Crippen LogP contribution is -2.08. The van der Waals surface area contributed by atoms with E-state index in [9.17, 15) is 15.2 Å². The van der Waals surface area contributed by atoms with Crippen molar-refractivity contribution in [2.75, 3.05) is 6.61 Å². The third-order valence-corrected chi connectivity index (χ3v) is 2.10. The molecule has 0 aliphatic carbocycles. The molecule has 1 aromatic rings. The third kappa shape index (κ3) is 2.64. The number of phenolic OH excluding ortho intramolecular Hbond substituents is 1. The Morgan fingerprint density at radius 2 is 2.33 bits per heavy atom. The summed E-state index contributed by atoms with van der Waals surface area (Å²) >= 11 is 0. The van der Waals surface area contributed by atoms with E-state index in [-0.39, 0.29) is 24.0 Å². The Labute approximate surface area is 86.4 Å². The predicted octanol–water partition coefficient (Wildman–Crippen LogP) is 1.29. The Kier molecular flexibility index (Phi) is 3.59. The number of hydrogen-bond donors (Lipinski definition) is 2. The average molecular weight is 212 g/mol. The predicted molar refractivity (Wildman–Crippen MR) is 53.3 cm³/mol. The summed E-state index contributed by atoms with van der Waals surface area (Å²) in [5, 5.41) is 20.0. The van der Waals surface area contributed by atoms with Crippen LogP contribution in [0.4, 0.5) is 5.69 Å². The fraction of sp³-hybridized carbons (Fsp3) is 0.333. The zero-order chi connectivity index (χ0) is 11.4. The van der Waals surface area contributed by atoms with Crippen molar-refractivity contribution in [1.82, 2.24) is 0 Å². The van der Waals surface area contributed by atoms with Gasteiger partial charge < -0.3 is 9.94 Å². The molecule has 0 spiro atoms. The summed E-state index contributed by atoms with van der Waals surface area (Å²) in [6.45, 7) is 1.94. The third-order valence-electron chi connectivity index (χ3n) is 2.10. The van der Waals surface area contributed by atoms with Crippen molar-refractivity contribution in [1.29, 1.82) is 0 Å².